The molecular formula is C24H29FN2O2. The van der Waals surface area contributed by atoms with E-state index in [1.54, 1.807) is 19.2 Å². The van der Waals surface area contributed by atoms with Crippen LogP contribution in [0.3, 0.4) is 0 Å². The molecule has 3 aromatic rings. The van der Waals surface area contributed by atoms with Crippen molar-refractivity contribution in [3.05, 3.63) is 53.8 Å². The summed E-state index contributed by atoms with van der Waals surface area (Å²) in [5.41, 5.74) is 3.77. The number of carbonyl (C=O) groups is 1. The second kappa shape index (κ2) is 9.59. The number of carbonyl (C=O) groups excluding carboxylic acids is 1. The first kappa shape index (κ1) is 20.9. The summed E-state index contributed by atoms with van der Waals surface area (Å²) in [7, 11) is 1.63. The molecule has 0 aliphatic carbocycles. The molecule has 0 bridgehead atoms. The van der Waals surface area contributed by atoms with E-state index in [2.05, 4.69) is 11.9 Å². The van der Waals surface area contributed by atoms with E-state index in [1.165, 1.54) is 6.07 Å². The van der Waals surface area contributed by atoms with E-state index in [0.29, 0.717) is 19.4 Å². The molecular weight excluding hydrogens is 367 g/mol. The van der Waals surface area contributed by atoms with Crippen LogP contribution in [-0.2, 0) is 11.2 Å². The monoisotopic (exact) mass is 396 g/mol. The Hall–Kier alpha value is -2.82. The molecule has 0 fully saturated rings. The van der Waals surface area contributed by atoms with Crippen LogP contribution in [0.2, 0.25) is 0 Å². The van der Waals surface area contributed by atoms with E-state index in [4.69, 9.17) is 4.74 Å². The molecule has 0 saturated carbocycles. The molecule has 29 heavy (non-hydrogen) atoms. The Kier molecular flexibility index (Phi) is 6.91. The van der Waals surface area contributed by atoms with E-state index in [1.807, 2.05) is 36.1 Å². The lowest BCUT2D eigenvalue weighted by molar-refractivity contribution is -0.131. The van der Waals surface area contributed by atoms with Gasteiger partial charge in [0.25, 0.3) is 0 Å². The highest BCUT2D eigenvalue weighted by Gasteiger charge is 2.17. The molecule has 1 heterocycles. The Morgan fingerprint density at radius 3 is 2.55 bits per heavy atom. The molecule has 2 aromatic carbocycles. The Labute approximate surface area is 171 Å². The van der Waals surface area contributed by atoms with E-state index in [0.717, 1.165) is 52.9 Å². The molecule has 4 nitrogen and oxygen atoms in total. The number of nitrogens with one attached hydrogen (secondary N) is 1. The van der Waals surface area contributed by atoms with Crippen molar-refractivity contribution in [1.29, 1.82) is 0 Å². The van der Waals surface area contributed by atoms with Crippen molar-refractivity contribution in [2.24, 2.45) is 0 Å². The number of aromatic nitrogens is 1. The van der Waals surface area contributed by atoms with Gasteiger partial charge in [0.2, 0.25) is 5.91 Å². The van der Waals surface area contributed by atoms with Crippen LogP contribution < -0.4 is 4.74 Å². The highest BCUT2D eigenvalue weighted by Crippen LogP contribution is 2.33. The van der Waals surface area contributed by atoms with Crippen molar-refractivity contribution in [2.45, 2.75) is 39.5 Å². The number of ether oxygens (including phenoxy) is 1. The van der Waals surface area contributed by atoms with Gasteiger partial charge in [-0.05, 0) is 73.4 Å². The van der Waals surface area contributed by atoms with Gasteiger partial charge in [-0.3, -0.25) is 4.79 Å². The minimum Gasteiger partial charge on any atom is -0.497 e. The summed E-state index contributed by atoms with van der Waals surface area (Å²) in [6, 6.07) is 12.5. The number of H-pyrrole nitrogens is 1. The van der Waals surface area contributed by atoms with Gasteiger partial charge in [-0.15, -0.1) is 0 Å². The fourth-order valence-electron chi connectivity index (χ4n) is 3.68. The smallest absolute Gasteiger partial charge is 0.222 e. The molecule has 3 rings (SSSR count). The topological polar surface area (TPSA) is 45.3 Å². The number of methoxy groups -OCH3 is 1. The fraction of sp³-hybridized carbons (Fsp3) is 0.375. The molecule has 0 atom stereocenters. The third-order valence-electron chi connectivity index (χ3n) is 5.35. The molecule has 0 saturated heterocycles. The van der Waals surface area contributed by atoms with E-state index in [-0.39, 0.29) is 11.7 Å². The normalized spacial score (nSPS) is 11.0. The van der Waals surface area contributed by atoms with Crippen LogP contribution in [0, 0.1) is 5.82 Å². The van der Waals surface area contributed by atoms with Crippen LogP contribution in [0.15, 0.2) is 42.5 Å². The van der Waals surface area contributed by atoms with Crippen LogP contribution in [0.25, 0.3) is 22.2 Å². The Morgan fingerprint density at radius 1 is 1.14 bits per heavy atom. The predicted octanol–water partition coefficient (Wildman–Crippen LogP) is 5.56. The molecule has 154 valence electrons. The number of aromatic amines is 1. The molecule has 1 amide bonds. The molecule has 0 spiro atoms. The number of fused-ring (bicyclic) bond motifs is 1. The second-order valence-corrected chi connectivity index (χ2v) is 7.22. The van der Waals surface area contributed by atoms with Gasteiger partial charge in [-0.1, -0.05) is 13.3 Å². The Bertz CT molecular complexity index is 963. The number of amides is 1. The number of halogens is 1. The highest BCUT2D eigenvalue weighted by molar-refractivity contribution is 5.91. The molecule has 0 radical (unpaired) electrons. The van der Waals surface area contributed by atoms with Crippen molar-refractivity contribution < 1.29 is 13.9 Å². The second-order valence-electron chi connectivity index (χ2n) is 7.22. The standard InChI is InChI=1S/C24H29FN2O2/c1-4-6-15-27(5-2)23(28)14-12-20-21-16-18(25)9-13-22(21)26-24(20)17-7-10-19(29-3)11-8-17/h7-11,13,16,26H,4-6,12,14-15H2,1-3H3. The van der Waals surface area contributed by atoms with Crippen molar-refractivity contribution in [3.8, 4) is 17.0 Å². The van der Waals surface area contributed by atoms with Gasteiger partial charge < -0.3 is 14.6 Å². The zero-order chi connectivity index (χ0) is 20.8. The van der Waals surface area contributed by atoms with Crippen LogP contribution in [-0.4, -0.2) is 36.0 Å². The van der Waals surface area contributed by atoms with Gasteiger partial charge in [-0.2, -0.15) is 0 Å². The summed E-state index contributed by atoms with van der Waals surface area (Å²) < 4.78 is 19.2. The van der Waals surface area contributed by atoms with E-state index in [9.17, 15) is 9.18 Å². The maximum absolute atomic E-state index is 13.9. The quantitative estimate of drug-likeness (QED) is 0.514. The first-order valence-electron chi connectivity index (χ1n) is 10.3. The van der Waals surface area contributed by atoms with Gasteiger partial charge in [0.05, 0.1) is 7.11 Å². The van der Waals surface area contributed by atoms with Gasteiger partial charge in [0.1, 0.15) is 11.6 Å². The summed E-state index contributed by atoms with van der Waals surface area (Å²) in [5, 5.41) is 0.834. The number of hydrogen-bond donors (Lipinski definition) is 1. The van der Waals surface area contributed by atoms with Crippen molar-refractivity contribution in [2.75, 3.05) is 20.2 Å². The number of rotatable bonds is 9. The summed E-state index contributed by atoms with van der Waals surface area (Å²) >= 11 is 0. The molecule has 5 heteroatoms. The lowest BCUT2D eigenvalue weighted by atomic mass is 10.0. The van der Waals surface area contributed by atoms with Crippen LogP contribution in [0.5, 0.6) is 5.75 Å². The Morgan fingerprint density at radius 2 is 1.90 bits per heavy atom. The highest BCUT2D eigenvalue weighted by atomic mass is 19.1. The lowest BCUT2D eigenvalue weighted by Crippen LogP contribution is -2.31. The predicted molar refractivity (Wildman–Crippen MR) is 116 cm³/mol. The van der Waals surface area contributed by atoms with Crippen molar-refractivity contribution in [3.63, 3.8) is 0 Å². The number of hydrogen-bond acceptors (Lipinski definition) is 2. The van der Waals surface area contributed by atoms with Crippen molar-refractivity contribution >= 4 is 16.8 Å². The summed E-state index contributed by atoms with van der Waals surface area (Å²) in [6.45, 7) is 5.64. The van der Waals surface area contributed by atoms with Gasteiger partial charge in [0.15, 0.2) is 0 Å². The van der Waals surface area contributed by atoms with Crippen LogP contribution in [0.1, 0.15) is 38.7 Å². The molecule has 1 aromatic heterocycles. The minimum absolute atomic E-state index is 0.146. The molecule has 0 aliphatic heterocycles. The number of unbranched alkanes of at least 4 members (excludes halogenated alkanes) is 1. The minimum atomic E-state index is -0.275. The maximum atomic E-state index is 13.9. The Balaban J connectivity index is 1.92. The summed E-state index contributed by atoms with van der Waals surface area (Å²) in [6.07, 6.45) is 3.04. The first-order chi connectivity index (χ1) is 14.1. The van der Waals surface area contributed by atoms with E-state index >= 15 is 0 Å². The molecule has 0 aliphatic rings. The lowest BCUT2D eigenvalue weighted by Gasteiger charge is -2.20. The van der Waals surface area contributed by atoms with Gasteiger partial charge >= 0.3 is 0 Å². The summed E-state index contributed by atoms with van der Waals surface area (Å²) in [5.74, 6) is 0.651. The van der Waals surface area contributed by atoms with E-state index < -0.39 is 0 Å². The average molecular weight is 397 g/mol. The zero-order valence-corrected chi connectivity index (χ0v) is 17.4. The third kappa shape index (κ3) is 4.78. The first-order valence-corrected chi connectivity index (χ1v) is 10.3. The molecule has 1 N–H and O–H groups in total. The fourth-order valence-corrected chi connectivity index (χ4v) is 3.68. The van der Waals surface area contributed by atoms with Gasteiger partial charge in [-0.25, -0.2) is 4.39 Å². The van der Waals surface area contributed by atoms with Crippen LogP contribution >= 0.6 is 0 Å². The largest absolute Gasteiger partial charge is 0.497 e. The number of aryl methyl sites for hydroxylation is 1. The van der Waals surface area contributed by atoms with Crippen LogP contribution in [0.4, 0.5) is 4.39 Å². The zero-order valence-electron chi connectivity index (χ0n) is 17.4. The van der Waals surface area contributed by atoms with Gasteiger partial charge in [0, 0.05) is 36.1 Å². The number of nitrogens with zero attached hydrogens (tertiary/aromatic N) is 1. The average Bonchev–Trinajstić information content (AvgIpc) is 3.10. The van der Waals surface area contributed by atoms with Crippen molar-refractivity contribution in [1.82, 2.24) is 9.88 Å². The SMILES string of the molecule is CCCCN(CC)C(=O)CCc1c(-c2ccc(OC)cc2)[nH]c2ccc(F)cc12. The summed E-state index contributed by atoms with van der Waals surface area (Å²) in [4.78, 5) is 18.1. The third-order valence-corrected chi connectivity index (χ3v) is 5.35. The molecule has 0 unspecified atom stereocenters. The number of benzene rings is 2. The maximum Gasteiger partial charge on any atom is 0.222 e.